The van der Waals surface area contributed by atoms with Gasteiger partial charge in [-0.1, -0.05) is 60.7 Å². The third-order valence-electron chi connectivity index (χ3n) is 8.97. The van der Waals surface area contributed by atoms with Crippen LogP contribution in [0.5, 0.6) is 0 Å². The number of carbonyl (C=O) groups is 6. The molecule has 0 bridgehead atoms. The molecule has 4 atom stereocenters. The van der Waals surface area contributed by atoms with E-state index in [9.17, 15) is 28.8 Å². The van der Waals surface area contributed by atoms with Crippen molar-refractivity contribution in [3.63, 3.8) is 0 Å². The van der Waals surface area contributed by atoms with Crippen LogP contribution in [0.15, 0.2) is 85.1 Å². The van der Waals surface area contributed by atoms with Crippen molar-refractivity contribution in [2.24, 2.45) is 5.73 Å². The van der Waals surface area contributed by atoms with Gasteiger partial charge in [0.25, 0.3) is 5.91 Å². The zero-order valence-electron chi connectivity index (χ0n) is 29.2. The molecule has 5 rings (SSSR count). The van der Waals surface area contributed by atoms with Crippen molar-refractivity contribution in [2.75, 3.05) is 25.4 Å². The molecule has 1 aromatic heterocycles. The highest BCUT2D eigenvalue weighted by Gasteiger charge is 2.33. The number of benzene rings is 3. The minimum Gasteiger partial charge on any atom is -0.398 e. The Morgan fingerprint density at radius 3 is 2.11 bits per heavy atom. The van der Waals surface area contributed by atoms with E-state index >= 15 is 0 Å². The summed E-state index contributed by atoms with van der Waals surface area (Å²) in [6, 6.07) is 18.0. The van der Waals surface area contributed by atoms with E-state index in [1.807, 2.05) is 30.3 Å². The molecular weight excluding hydrogens is 678 g/mol. The average Bonchev–Trinajstić information content (AvgIpc) is 3.57. The third kappa shape index (κ3) is 10.4. The van der Waals surface area contributed by atoms with Crippen molar-refractivity contribution in [3.05, 3.63) is 102 Å². The first-order valence-corrected chi connectivity index (χ1v) is 17.5. The zero-order valence-corrected chi connectivity index (χ0v) is 29.2. The van der Waals surface area contributed by atoms with Crippen LogP contribution in [0.25, 0.3) is 10.9 Å². The Balaban J connectivity index is 1.46. The Bertz CT molecular complexity index is 1930. The number of aromatic amines is 1. The number of nitrogens with two attached hydrogens (primary N) is 2. The normalized spacial score (nSPS) is 20.2. The molecular formula is C38H45N9O6. The molecule has 1 aliphatic heterocycles. The van der Waals surface area contributed by atoms with Crippen LogP contribution in [0.4, 0.5) is 5.69 Å². The number of amides is 6. The van der Waals surface area contributed by atoms with Crippen LogP contribution in [-0.4, -0.2) is 84.2 Å². The molecule has 11 N–H and O–H groups in total. The number of unbranched alkanes of at least 4 members (excludes halogenated alkanes) is 1. The van der Waals surface area contributed by atoms with Crippen molar-refractivity contribution in [2.45, 2.75) is 56.3 Å². The number of aromatic nitrogens is 1. The second kappa shape index (κ2) is 18.3. The van der Waals surface area contributed by atoms with E-state index in [0.717, 1.165) is 22.0 Å². The van der Waals surface area contributed by atoms with Gasteiger partial charge >= 0.3 is 0 Å². The number of nitrogens with one attached hydrogen (secondary N) is 7. The van der Waals surface area contributed by atoms with E-state index < -0.39 is 66.2 Å². The number of H-pyrrole nitrogens is 1. The van der Waals surface area contributed by atoms with Gasteiger partial charge in [0.05, 0.1) is 12.1 Å². The van der Waals surface area contributed by atoms with Gasteiger partial charge in [-0.25, -0.2) is 0 Å². The topological polar surface area (TPSA) is 242 Å². The van der Waals surface area contributed by atoms with Crippen LogP contribution in [0.3, 0.4) is 0 Å². The smallest absolute Gasteiger partial charge is 0.253 e. The summed E-state index contributed by atoms with van der Waals surface area (Å²) in [5.41, 5.74) is 14.4. The minimum absolute atomic E-state index is 0.0541. The Hall–Kier alpha value is -6.22. The molecule has 278 valence electrons. The summed E-state index contributed by atoms with van der Waals surface area (Å²) in [6.45, 7) is -0.519. The van der Waals surface area contributed by atoms with E-state index in [1.165, 1.54) is 6.07 Å². The summed E-state index contributed by atoms with van der Waals surface area (Å²) in [5, 5.41) is 16.9. The molecule has 6 amide bonds. The average molecular weight is 724 g/mol. The lowest BCUT2D eigenvalue weighted by Crippen LogP contribution is -2.60. The highest BCUT2D eigenvalue weighted by molar-refractivity contribution is 6.00. The number of nitrogen functional groups attached to an aromatic ring is 1. The second-order valence-corrected chi connectivity index (χ2v) is 12.9. The van der Waals surface area contributed by atoms with Gasteiger partial charge in [0.2, 0.25) is 29.5 Å². The lowest BCUT2D eigenvalue weighted by molar-refractivity contribution is -0.134. The lowest BCUT2D eigenvalue weighted by Gasteiger charge is -2.26. The van der Waals surface area contributed by atoms with Gasteiger partial charge in [-0.3, -0.25) is 28.8 Å². The van der Waals surface area contributed by atoms with Crippen LogP contribution < -0.4 is 43.4 Å². The number of carbonyl (C=O) groups excluding carboxylic acids is 6. The maximum atomic E-state index is 14.0. The minimum atomic E-state index is -1.39. The summed E-state index contributed by atoms with van der Waals surface area (Å²) in [6.07, 6.45) is 3.06. The SMILES string of the molecule is NCCCC[C@H]1NC(=O)[C@H](Cc2c[nH]c3ccccc23)NC(=O)CNC(=O)[C@H](Cc2ccccc2)NC(=O)[C@H](CNC(=O)c2ccccc2N)NC1=O. The Morgan fingerprint density at radius 2 is 1.34 bits per heavy atom. The van der Waals surface area contributed by atoms with Crippen LogP contribution >= 0.6 is 0 Å². The first-order valence-electron chi connectivity index (χ1n) is 17.5. The zero-order chi connectivity index (χ0) is 37.7. The van der Waals surface area contributed by atoms with Gasteiger partial charge in [0.1, 0.15) is 24.2 Å². The van der Waals surface area contributed by atoms with Crippen molar-refractivity contribution < 1.29 is 28.8 Å². The highest BCUT2D eigenvalue weighted by atomic mass is 16.2. The maximum Gasteiger partial charge on any atom is 0.253 e. The number of hydrogen-bond acceptors (Lipinski definition) is 8. The molecule has 1 fully saturated rings. The molecule has 1 aliphatic rings. The monoisotopic (exact) mass is 723 g/mol. The Morgan fingerprint density at radius 1 is 0.698 bits per heavy atom. The van der Waals surface area contributed by atoms with Crippen LogP contribution in [0, 0.1) is 0 Å². The van der Waals surface area contributed by atoms with E-state index in [0.29, 0.717) is 19.4 Å². The van der Waals surface area contributed by atoms with Crippen molar-refractivity contribution >= 4 is 52.0 Å². The van der Waals surface area contributed by atoms with E-state index in [1.54, 1.807) is 48.7 Å². The van der Waals surface area contributed by atoms with Gasteiger partial charge in [0, 0.05) is 42.2 Å². The molecule has 0 aliphatic carbocycles. The summed E-state index contributed by atoms with van der Waals surface area (Å²) in [4.78, 5) is 85.0. The number of anilines is 1. The largest absolute Gasteiger partial charge is 0.398 e. The van der Waals surface area contributed by atoms with Gasteiger partial charge in [-0.2, -0.15) is 0 Å². The van der Waals surface area contributed by atoms with E-state index in [4.69, 9.17) is 11.5 Å². The first-order chi connectivity index (χ1) is 25.6. The summed E-state index contributed by atoms with van der Waals surface area (Å²) in [5.74, 6) is -4.04. The highest BCUT2D eigenvalue weighted by Crippen LogP contribution is 2.19. The molecule has 1 saturated heterocycles. The number of hydrogen-bond donors (Lipinski definition) is 9. The lowest BCUT2D eigenvalue weighted by atomic mass is 10.0. The molecule has 15 nitrogen and oxygen atoms in total. The van der Waals surface area contributed by atoms with Gasteiger partial charge in [0.15, 0.2) is 0 Å². The molecule has 2 heterocycles. The van der Waals surface area contributed by atoms with Crippen molar-refractivity contribution in [1.82, 2.24) is 36.9 Å². The molecule has 0 spiro atoms. The first kappa shape index (κ1) is 38.0. The number of rotatable bonds is 11. The number of para-hydroxylation sites is 2. The third-order valence-corrected chi connectivity index (χ3v) is 8.97. The van der Waals surface area contributed by atoms with Crippen LogP contribution in [0.2, 0.25) is 0 Å². The van der Waals surface area contributed by atoms with Gasteiger partial charge in [-0.15, -0.1) is 0 Å². The van der Waals surface area contributed by atoms with E-state index in [-0.39, 0.29) is 37.1 Å². The Labute approximate surface area is 306 Å². The van der Waals surface area contributed by atoms with Crippen LogP contribution in [0.1, 0.15) is 40.7 Å². The molecule has 3 aromatic carbocycles. The molecule has 4 aromatic rings. The predicted octanol–water partition coefficient (Wildman–Crippen LogP) is 0.163. The molecule has 0 radical (unpaired) electrons. The fourth-order valence-corrected chi connectivity index (χ4v) is 6.11. The summed E-state index contributed by atoms with van der Waals surface area (Å²) in [7, 11) is 0. The van der Waals surface area contributed by atoms with Gasteiger partial charge in [-0.05, 0) is 55.1 Å². The fourth-order valence-electron chi connectivity index (χ4n) is 6.11. The summed E-state index contributed by atoms with van der Waals surface area (Å²) >= 11 is 0. The van der Waals surface area contributed by atoms with E-state index in [2.05, 4.69) is 36.9 Å². The second-order valence-electron chi connectivity index (χ2n) is 12.9. The molecule has 53 heavy (non-hydrogen) atoms. The van der Waals surface area contributed by atoms with Crippen molar-refractivity contribution in [1.29, 1.82) is 0 Å². The van der Waals surface area contributed by atoms with Gasteiger partial charge < -0.3 is 48.4 Å². The van der Waals surface area contributed by atoms with Crippen molar-refractivity contribution in [3.8, 4) is 0 Å². The predicted molar refractivity (Wildman–Crippen MR) is 199 cm³/mol. The molecule has 0 saturated carbocycles. The maximum absolute atomic E-state index is 14.0. The molecule has 15 heteroatoms. The number of fused-ring (bicyclic) bond motifs is 1. The Kier molecular flexibility index (Phi) is 13.1. The van der Waals surface area contributed by atoms with Crippen LogP contribution in [-0.2, 0) is 36.8 Å². The standard InChI is InChI=1S/C38H45N9O6/c39-17-9-8-16-29-36(51)47-32(21-42-34(49)26-13-4-6-14-27(26)40)38(53)46-30(18-23-10-2-1-3-11-23)35(50)43-22-33(48)44-31(37(52)45-29)19-24-20-41-28-15-7-5-12-25(24)28/h1-7,10-15,20,29-32,41H,8-9,16-19,21-22,39-40H2,(H,42,49)(H,43,50)(H,44,48)(H,45,52)(H,46,53)(H,47,51)/t29-,30+,31+,32+/m1/s1. The molecule has 0 unspecified atom stereocenters. The fraction of sp³-hybridized carbons (Fsp3) is 0.316. The summed E-state index contributed by atoms with van der Waals surface area (Å²) < 4.78 is 0. The quantitative estimate of drug-likeness (QED) is 0.0761.